The Labute approximate surface area is 132 Å². The lowest BCUT2D eigenvalue weighted by Crippen LogP contribution is -2.25. The van der Waals surface area contributed by atoms with Crippen molar-refractivity contribution < 1.29 is 19.1 Å². The maximum Gasteiger partial charge on any atom is 0.339 e. The van der Waals surface area contributed by atoms with Gasteiger partial charge in [0.15, 0.2) is 0 Å². The maximum atomic E-state index is 12.2. The number of aromatic amines is 1. The lowest BCUT2D eigenvalue weighted by Gasteiger charge is -2.08. The smallest absolute Gasteiger partial charge is 0.339 e. The average molecular weight is 316 g/mol. The maximum absolute atomic E-state index is 12.2. The van der Waals surface area contributed by atoms with Crippen LogP contribution in [0.2, 0.25) is 0 Å². The van der Waals surface area contributed by atoms with E-state index in [4.69, 9.17) is 4.74 Å². The second-order valence-electron chi connectivity index (χ2n) is 4.73. The van der Waals surface area contributed by atoms with E-state index in [-0.39, 0.29) is 11.1 Å². The molecule has 0 aliphatic carbocycles. The van der Waals surface area contributed by atoms with Crippen molar-refractivity contribution in [3.8, 4) is 5.75 Å². The summed E-state index contributed by atoms with van der Waals surface area (Å²) in [7, 11) is 2.76. The highest BCUT2D eigenvalue weighted by molar-refractivity contribution is 6.05. The Morgan fingerprint density at radius 3 is 2.30 bits per heavy atom. The van der Waals surface area contributed by atoms with E-state index in [1.165, 1.54) is 20.3 Å². The van der Waals surface area contributed by atoms with Gasteiger partial charge in [-0.15, -0.1) is 0 Å². The molecule has 0 atom stereocenters. The van der Waals surface area contributed by atoms with Crippen molar-refractivity contribution in [2.75, 3.05) is 19.5 Å². The van der Waals surface area contributed by atoms with Crippen molar-refractivity contribution in [3.05, 3.63) is 57.5 Å². The van der Waals surface area contributed by atoms with Crippen molar-refractivity contribution >= 4 is 17.6 Å². The Hall–Kier alpha value is -3.09. The molecule has 1 amide bonds. The lowest BCUT2D eigenvalue weighted by molar-refractivity contribution is 0.0599. The van der Waals surface area contributed by atoms with E-state index in [2.05, 4.69) is 15.0 Å². The predicted octanol–water partition coefficient (Wildman–Crippen LogP) is 1.73. The van der Waals surface area contributed by atoms with Crippen LogP contribution in [-0.2, 0) is 4.74 Å². The molecule has 0 aliphatic rings. The zero-order valence-electron chi connectivity index (χ0n) is 12.9. The molecule has 2 aromatic rings. The number of H-pyrrole nitrogens is 1. The quantitative estimate of drug-likeness (QED) is 0.837. The summed E-state index contributed by atoms with van der Waals surface area (Å²) in [5, 5.41) is 2.59. The summed E-state index contributed by atoms with van der Waals surface area (Å²) in [6.45, 7) is 1.55. The fraction of sp³-hybridized carbons (Fsp3) is 0.188. The SMILES string of the molecule is COC(=O)c1cc(C(=O)Nc2ccc(OC)cc2)c(=O)[nH]c1C. The summed E-state index contributed by atoms with van der Waals surface area (Å²) in [6, 6.07) is 7.85. The van der Waals surface area contributed by atoms with Crippen LogP contribution in [0.4, 0.5) is 5.69 Å². The summed E-state index contributed by atoms with van der Waals surface area (Å²) in [6.07, 6.45) is 0. The van der Waals surface area contributed by atoms with Crippen LogP contribution in [0.15, 0.2) is 35.1 Å². The number of benzene rings is 1. The van der Waals surface area contributed by atoms with E-state index in [1.807, 2.05) is 0 Å². The van der Waals surface area contributed by atoms with Crippen LogP contribution in [-0.4, -0.2) is 31.1 Å². The zero-order valence-corrected chi connectivity index (χ0v) is 12.9. The van der Waals surface area contributed by atoms with Crippen LogP contribution in [0.25, 0.3) is 0 Å². The van der Waals surface area contributed by atoms with Crippen molar-refractivity contribution in [3.63, 3.8) is 0 Å². The number of esters is 1. The lowest BCUT2D eigenvalue weighted by atomic mass is 10.1. The molecule has 23 heavy (non-hydrogen) atoms. The molecule has 2 rings (SSSR count). The number of rotatable bonds is 4. The molecule has 0 aliphatic heterocycles. The summed E-state index contributed by atoms with van der Waals surface area (Å²) < 4.78 is 9.66. The van der Waals surface area contributed by atoms with E-state index in [1.54, 1.807) is 31.2 Å². The molecule has 7 nitrogen and oxygen atoms in total. The predicted molar refractivity (Wildman–Crippen MR) is 84.1 cm³/mol. The fourth-order valence-electron chi connectivity index (χ4n) is 1.99. The third-order valence-electron chi connectivity index (χ3n) is 3.24. The minimum absolute atomic E-state index is 0.131. The molecule has 2 N–H and O–H groups in total. The summed E-state index contributed by atoms with van der Waals surface area (Å²) in [5.74, 6) is -0.608. The monoisotopic (exact) mass is 316 g/mol. The summed E-state index contributed by atoms with van der Waals surface area (Å²) in [5.41, 5.74) is 0.207. The molecule has 1 aromatic carbocycles. The van der Waals surface area contributed by atoms with Gasteiger partial charge in [-0.3, -0.25) is 9.59 Å². The molecular formula is C16H16N2O5. The van der Waals surface area contributed by atoms with E-state index < -0.39 is 17.4 Å². The first-order chi connectivity index (χ1) is 11.0. The van der Waals surface area contributed by atoms with Gasteiger partial charge in [0.25, 0.3) is 11.5 Å². The van der Waals surface area contributed by atoms with Crippen molar-refractivity contribution in [2.24, 2.45) is 0 Å². The van der Waals surface area contributed by atoms with Crippen LogP contribution in [0.5, 0.6) is 5.75 Å². The standard InChI is InChI=1S/C16H16N2O5/c1-9-12(16(21)23-3)8-13(14(19)17-9)15(20)18-10-4-6-11(22-2)7-5-10/h4-8H,1-3H3,(H,17,19)(H,18,20). The topological polar surface area (TPSA) is 97.5 Å². The van der Waals surface area contributed by atoms with Gasteiger partial charge in [-0.1, -0.05) is 0 Å². The largest absolute Gasteiger partial charge is 0.497 e. The Balaban J connectivity index is 2.31. The number of hydrogen-bond donors (Lipinski definition) is 2. The summed E-state index contributed by atoms with van der Waals surface area (Å²) >= 11 is 0. The number of anilines is 1. The normalized spacial score (nSPS) is 10.0. The Morgan fingerprint density at radius 2 is 1.74 bits per heavy atom. The highest BCUT2D eigenvalue weighted by atomic mass is 16.5. The van der Waals surface area contributed by atoms with Gasteiger partial charge < -0.3 is 19.8 Å². The number of hydrogen-bond acceptors (Lipinski definition) is 5. The molecule has 0 radical (unpaired) electrons. The van der Waals surface area contributed by atoms with Gasteiger partial charge in [0.1, 0.15) is 11.3 Å². The second kappa shape index (κ2) is 6.78. The van der Waals surface area contributed by atoms with Gasteiger partial charge in [0.2, 0.25) is 0 Å². The minimum atomic E-state index is -0.628. The number of pyridine rings is 1. The summed E-state index contributed by atoms with van der Waals surface area (Å²) in [4.78, 5) is 38.3. The number of carbonyl (C=O) groups is 2. The van der Waals surface area contributed by atoms with Crippen LogP contribution < -0.4 is 15.6 Å². The van der Waals surface area contributed by atoms with E-state index in [9.17, 15) is 14.4 Å². The number of aromatic nitrogens is 1. The average Bonchev–Trinajstić information content (AvgIpc) is 2.54. The van der Waals surface area contributed by atoms with Crippen molar-refractivity contribution in [2.45, 2.75) is 6.92 Å². The first-order valence-electron chi connectivity index (χ1n) is 6.74. The van der Waals surface area contributed by atoms with Crippen molar-refractivity contribution in [1.82, 2.24) is 4.98 Å². The third kappa shape index (κ3) is 3.57. The van der Waals surface area contributed by atoms with E-state index in [0.717, 1.165) is 0 Å². The molecule has 0 unspecified atom stereocenters. The van der Waals surface area contributed by atoms with Crippen LogP contribution >= 0.6 is 0 Å². The van der Waals surface area contributed by atoms with Gasteiger partial charge >= 0.3 is 5.97 Å². The molecule has 0 saturated carbocycles. The number of ether oxygens (including phenoxy) is 2. The molecular weight excluding hydrogens is 300 g/mol. The Morgan fingerprint density at radius 1 is 1.09 bits per heavy atom. The highest BCUT2D eigenvalue weighted by Crippen LogP contribution is 2.16. The number of carbonyl (C=O) groups excluding carboxylic acids is 2. The van der Waals surface area contributed by atoms with Gasteiger partial charge in [-0.2, -0.15) is 0 Å². The first kappa shape index (κ1) is 16.3. The molecule has 0 saturated heterocycles. The number of aryl methyl sites for hydroxylation is 1. The van der Waals surface area contributed by atoms with Gasteiger partial charge in [0, 0.05) is 11.4 Å². The molecule has 1 heterocycles. The van der Waals surface area contributed by atoms with Gasteiger partial charge in [-0.05, 0) is 37.3 Å². The Bertz CT molecular complexity index is 793. The van der Waals surface area contributed by atoms with Crippen LogP contribution in [0.3, 0.4) is 0 Å². The first-order valence-corrected chi connectivity index (χ1v) is 6.74. The van der Waals surface area contributed by atoms with E-state index in [0.29, 0.717) is 17.1 Å². The molecule has 0 fully saturated rings. The number of nitrogens with one attached hydrogen (secondary N) is 2. The highest BCUT2D eigenvalue weighted by Gasteiger charge is 2.17. The molecule has 0 spiro atoms. The molecule has 120 valence electrons. The zero-order chi connectivity index (χ0) is 17.0. The number of amides is 1. The second-order valence-corrected chi connectivity index (χ2v) is 4.73. The molecule has 0 bridgehead atoms. The van der Waals surface area contributed by atoms with Crippen molar-refractivity contribution in [1.29, 1.82) is 0 Å². The molecule has 7 heteroatoms. The Kier molecular flexibility index (Phi) is 4.80. The minimum Gasteiger partial charge on any atom is -0.497 e. The molecule has 1 aromatic heterocycles. The van der Waals surface area contributed by atoms with Gasteiger partial charge in [-0.25, -0.2) is 4.79 Å². The third-order valence-corrected chi connectivity index (χ3v) is 3.24. The fourth-order valence-corrected chi connectivity index (χ4v) is 1.99. The van der Waals surface area contributed by atoms with Gasteiger partial charge in [0.05, 0.1) is 19.8 Å². The van der Waals surface area contributed by atoms with Crippen LogP contribution in [0, 0.1) is 6.92 Å². The number of methoxy groups -OCH3 is 2. The van der Waals surface area contributed by atoms with Crippen LogP contribution in [0.1, 0.15) is 26.4 Å². The van der Waals surface area contributed by atoms with E-state index >= 15 is 0 Å².